The van der Waals surface area contributed by atoms with Gasteiger partial charge in [0.05, 0.1) is 5.69 Å². The molecule has 1 nitrogen and oxygen atoms in total. The number of thiophene rings is 1. The van der Waals surface area contributed by atoms with Crippen LogP contribution in [0, 0.1) is 0 Å². The lowest BCUT2D eigenvalue weighted by Crippen LogP contribution is -2.10. The zero-order chi connectivity index (χ0) is 23.5. The normalized spacial score (nSPS) is 10.8. The summed E-state index contributed by atoms with van der Waals surface area (Å²) in [6.07, 6.45) is 1.75. The molecule has 0 aliphatic carbocycles. The number of nitrogens with zero attached hydrogens (tertiary/aromatic N) is 1. The first-order chi connectivity index (χ1) is 16.7. The van der Waals surface area contributed by atoms with Crippen molar-refractivity contribution in [1.82, 2.24) is 0 Å². The fraction of sp³-hybridized carbons (Fsp3) is 0.0323. The first-order valence-electron chi connectivity index (χ1n) is 11.2. The fourth-order valence-electron chi connectivity index (χ4n) is 4.31. The van der Waals surface area contributed by atoms with Crippen molar-refractivity contribution in [3.63, 3.8) is 0 Å². The lowest BCUT2D eigenvalue weighted by Gasteiger charge is -2.27. The summed E-state index contributed by atoms with van der Waals surface area (Å²) in [5.74, 6) is 0. The zero-order valence-electron chi connectivity index (χ0n) is 18.9. The number of benzene rings is 5. The number of hydrogen-bond donors (Lipinski definition) is 0. The van der Waals surface area contributed by atoms with Crippen LogP contribution >= 0.6 is 27.3 Å². The highest BCUT2D eigenvalue weighted by molar-refractivity contribution is 9.10. The Morgan fingerprint density at radius 1 is 0.706 bits per heavy atom. The summed E-state index contributed by atoms with van der Waals surface area (Å²) in [4.78, 5) is 2.36. The van der Waals surface area contributed by atoms with Crippen molar-refractivity contribution in [2.75, 3.05) is 4.90 Å². The Bertz CT molecular complexity index is 1600. The number of hydrogen-bond acceptors (Lipinski definition) is 2. The van der Waals surface area contributed by atoms with Gasteiger partial charge in [-0.15, -0.1) is 17.9 Å². The molecule has 0 spiro atoms. The van der Waals surface area contributed by atoms with E-state index in [4.69, 9.17) is 0 Å². The lowest BCUT2D eigenvalue weighted by molar-refractivity contribution is 1.30. The molecule has 5 aromatic carbocycles. The van der Waals surface area contributed by atoms with E-state index in [1.165, 1.54) is 36.6 Å². The second-order valence-corrected chi connectivity index (χ2v) is 9.89. The molecule has 166 valence electrons. The lowest BCUT2D eigenvalue weighted by atomic mass is 10.1. The molecule has 0 saturated carbocycles. The highest BCUT2D eigenvalue weighted by Crippen LogP contribution is 2.45. The molecule has 0 amide bonds. The molecule has 3 heteroatoms. The van der Waals surface area contributed by atoms with Gasteiger partial charge in [0.15, 0.2) is 0 Å². The quantitative estimate of drug-likeness (QED) is 0.209. The monoisotopic (exact) mass is 521 g/mol. The molecule has 34 heavy (non-hydrogen) atoms. The Kier molecular flexibility index (Phi) is 6.48. The first-order valence-corrected chi connectivity index (χ1v) is 12.8. The van der Waals surface area contributed by atoms with Gasteiger partial charge in [0, 0.05) is 41.4 Å². The van der Waals surface area contributed by atoms with Crippen molar-refractivity contribution in [1.29, 1.82) is 0 Å². The second-order valence-electron chi connectivity index (χ2n) is 7.98. The third-order valence-electron chi connectivity index (χ3n) is 5.70. The van der Waals surface area contributed by atoms with Gasteiger partial charge in [-0.25, -0.2) is 0 Å². The van der Waals surface area contributed by atoms with Crippen LogP contribution in [0.2, 0.25) is 0 Å². The molecular weight excluding hydrogens is 498 g/mol. The van der Waals surface area contributed by atoms with Crippen LogP contribution in [-0.4, -0.2) is 0 Å². The predicted octanol–water partition coefficient (Wildman–Crippen LogP) is 10.6. The maximum Gasteiger partial charge on any atom is 0.0540 e. The molecule has 0 radical (unpaired) electrons. The highest BCUT2D eigenvalue weighted by Gasteiger charge is 2.18. The number of anilines is 3. The molecule has 6 rings (SSSR count). The fourth-order valence-corrected chi connectivity index (χ4v) is 6.09. The van der Waals surface area contributed by atoms with Crippen molar-refractivity contribution in [3.8, 4) is 0 Å². The Labute approximate surface area is 212 Å². The maximum atomic E-state index is 3.87. The van der Waals surface area contributed by atoms with Crippen LogP contribution in [0.5, 0.6) is 0 Å². The Morgan fingerprint density at radius 3 is 2.15 bits per heavy atom. The number of allylic oxidation sites excluding steroid dienone is 1. The number of para-hydroxylation sites is 1. The molecular formula is C31H24BrNS. The third kappa shape index (κ3) is 4.13. The number of halogens is 1. The first kappa shape index (κ1) is 22.4. The van der Waals surface area contributed by atoms with Crippen LogP contribution in [-0.2, 0) is 0 Å². The van der Waals surface area contributed by atoms with E-state index in [0.717, 1.165) is 15.8 Å². The van der Waals surface area contributed by atoms with Crippen LogP contribution in [0.1, 0.15) is 6.92 Å². The molecule has 1 aromatic heterocycles. The molecule has 6 aromatic rings. The molecule has 0 atom stereocenters. The van der Waals surface area contributed by atoms with Crippen LogP contribution in [0.4, 0.5) is 17.1 Å². The maximum absolute atomic E-state index is 3.87. The van der Waals surface area contributed by atoms with Gasteiger partial charge in [-0.2, -0.15) is 0 Å². The van der Waals surface area contributed by atoms with Crippen LogP contribution < -0.4 is 4.90 Å². The van der Waals surface area contributed by atoms with Crippen LogP contribution in [0.25, 0.3) is 30.9 Å². The van der Waals surface area contributed by atoms with Gasteiger partial charge in [0.2, 0.25) is 0 Å². The summed E-state index contributed by atoms with van der Waals surface area (Å²) in [6, 6.07) is 38.9. The molecule has 0 bridgehead atoms. The summed E-state index contributed by atoms with van der Waals surface area (Å²) in [5.41, 5.74) is 3.46. The van der Waals surface area contributed by atoms with Crippen molar-refractivity contribution >= 4 is 75.3 Å². The summed E-state index contributed by atoms with van der Waals surface area (Å²) >= 11 is 5.71. The van der Waals surface area contributed by atoms with E-state index in [2.05, 4.69) is 137 Å². The summed E-state index contributed by atoms with van der Waals surface area (Å²) in [5, 5.41) is 5.06. The minimum Gasteiger partial charge on any atom is -0.310 e. The van der Waals surface area contributed by atoms with Crippen molar-refractivity contribution < 1.29 is 0 Å². The Hall–Kier alpha value is -3.40. The van der Waals surface area contributed by atoms with Gasteiger partial charge in [-0.1, -0.05) is 78.9 Å². The molecule has 1 heterocycles. The third-order valence-corrected chi connectivity index (χ3v) is 7.81. The minimum atomic E-state index is 1.13. The second kappa shape index (κ2) is 9.84. The largest absolute Gasteiger partial charge is 0.310 e. The van der Waals surface area contributed by atoms with E-state index < -0.39 is 0 Å². The average molecular weight is 523 g/mol. The van der Waals surface area contributed by atoms with Gasteiger partial charge >= 0.3 is 0 Å². The van der Waals surface area contributed by atoms with Gasteiger partial charge in [-0.3, -0.25) is 0 Å². The van der Waals surface area contributed by atoms with Gasteiger partial charge in [-0.05, 0) is 64.6 Å². The van der Waals surface area contributed by atoms with Crippen LogP contribution in [0.3, 0.4) is 0 Å². The highest BCUT2D eigenvalue weighted by atomic mass is 79.9. The molecule has 0 aliphatic rings. The standard InChI is InChI=1S/C28H18BrNS.C3H6/c29-25-18-21(17-24-23-14-6-7-16-27(23)31-28(24)25)30(20-11-2-1-3-12-20)26-15-8-10-19-9-4-5-13-22(19)26;1-3-2/h1-18H;3H,1H2,2H3. The Morgan fingerprint density at radius 2 is 1.35 bits per heavy atom. The van der Waals surface area contributed by atoms with E-state index in [1.807, 2.05) is 18.3 Å². The smallest absolute Gasteiger partial charge is 0.0540 e. The molecule has 0 saturated heterocycles. The van der Waals surface area contributed by atoms with Gasteiger partial charge in [0.25, 0.3) is 0 Å². The molecule has 0 aliphatic heterocycles. The van der Waals surface area contributed by atoms with E-state index in [9.17, 15) is 0 Å². The van der Waals surface area contributed by atoms with E-state index in [0.29, 0.717) is 0 Å². The minimum absolute atomic E-state index is 1.13. The van der Waals surface area contributed by atoms with Gasteiger partial charge < -0.3 is 4.90 Å². The summed E-state index contributed by atoms with van der Waals surface area (Å²) < 4.78 is 3.73. The summed E-state index contributed by atoms with van der Waals surface area (Å²) in [6.45, 7) is 5.25. The van der Waals surface area contributed by atoms with E-state index in [-0.39, 0.29) is 0 Å². The number of fused-ring (bicyclic) bond motifs is 4. The number of rotatable bonds is 3. The Balaban J connectivity index is 0.000000764. The van der Waals surface area contributed by atoms with E-state index >= 15 is 0 Å². The van der Waals surface area contributed by atoms with Crippen molar-refractivity contribution in [2.45, 2.75) is 6.92 Å². The SMILES string of the molecule is Brc1cc(N(c2ccccc2)c2cccc3ccccc23)cc2c1sc1ccccc12.C=CC. The van der Waals surface area contributed by atoms with Crippen molar-refractivity contribution in [2.24, 2.45) is 0 Å². The molecule has 0 N–H and O–H groups in total. The molecule has 0 fully saturated rings. The van der Waals surface area contributed by atoms with E-state index in [1.54, 1.807) is 6.08 Å². The van der Waals surface area contributed by atoms with Crippen LogP contribution in [0.15, 0.2) is 126 Å². The molecule has 0 unspecified atom stereocenters. The topological polar surface area (TPSA) is 3.24 Å². The van der Waals surface area contributed by atoms with Gasteiger partial charge in [0.1, 0.15) is 0 Å². The predicted molar refractivity (Wildman–Crippen MR) is 155 cm³/mol. The average Bonchev–Trinajstić information content (AvgIpc) is 3.25. The summed E-state index contributed by atoms with van der Waals surface area (Å²) in [7, 11) is 0. The van der Waals surface area contributed by atoms with Crippen molar-refractivity contribution in [3.05, 3.63) is 126 Å². The zero-order valence-corrected chi connectivity index (χ0v) is 21.3.